The summed E-state index contributed by atoms with van der Waals surface area (Å²) in [6.07, 6.45) is 3.60. The molecule has 0 saturated heterocycles. The summed E-state index contributed by atoms with van der Waals surface area (Å²) < 4.78 is 1.81. The molecule has 0 spiro atoms. The van der Waals surface area contributed by atoms with Gasteiger partial charge in [-0.3, -0.25) is 5.10 Å². The van der Waals surface area contributed by atoms with E-state index in [9.17, 15) is 0 Å². The number of aromatic amines is 1. The maximum atomic E-state index is 4.29. The zero-order valence-corrected chi connectivity index (χ0v) is 6.57. The second kappa shape index (κ2) is 2.08. The Kier molecular flexibility index (Phi) is 1.21. The fourth-order valence-electron chi connectivity index (χ4n) is 1.00. The van der Waals surface area contributed by atoms with E-state index in [0.717, 1.165) is 11.5 Å². The van der Waals surface area contributed by atoms with Gasteiger partial charge in [-0.15, -0.1) is 0 Å². The highest BCUT2D eigenvalue weighted by atomic mass is 15.3. The molecule has 0 amide bonds. The van der Waals surface area contributed by atoms with Gasteiger partial charge in [0.2, 0.25) is 0 Å². The highest BCUT2D eigenvalue weighted by molar-refractivity contribution is 5.28. The molecule has 0 atom stereocenters. The van der Waals surface area contributed by atoms with Gasteiger partial charge in [0.05, 0.1) is 11.9 Å². The minimum absolute atomic E-state index is 0.463. The van der Waals surface area contributed by atoms with Gasteiger partial charge < -0.3 is 0 Å². The molecule has 0 fully saturated rings. The van der Waals surface area contributed by atoms with Crippen LogP contribution in [0.25, 0.3) is 5.78 Å². The van der Waals surface area contributed by atoms with E-state index < -0.39 is 0 Å². The number of H-pyrrole nitrogens is 1. The van der Waals surface area contributed by atoms with Crippen molar-refractivity contribution in [2.75, 3.05) is 0 Å². The van der Waals surface area contributed by atoms with Gasteiger partial charge in [-0.25, -0.2) is 14.5 Å². The molecule has 0 radical (unpaired) electrons. The van der Waals surface area contributed by atoms with Gasteiger partial charge in [-0.05, 0) is 5.92 Å². The van der Waals surface area contributed by atoms with Crippen molar-refractivity contribution in [3.05, 3.63) is 18.2 Å². The van der Waals surface area contributed by atoms with Crippen LogP contribution in [0.3, 0.4) is 0 Å². The van der Waals surface area contributed by atoms with Crippen molar-refractivity contribution in [1.29, 1.82) is 0 Å². The SMILES string of the molecule is CC(C)c1cn2[nH]cnc2n1. The maximum absolute atomic E-state index is 4.29. The quantitative estimate of drug-likeness (QED) is 0.663. The van der Waals surface area contributed by atoms with E-state index in [1.165, 1.54) is 0 Å². The molecule has 11 heavy (non-hydrogen) atoms. The summed E-state index contributed by atoms with van der Waals surface area (Å²) in [6.45, 7) is 4.23. The lowest BCUT2D eigenvalue weighted by Crippen LogP contribution is -1.85. The normalized spacial score (nSPS) is 11.5. The lowest BCUT2D eigenvalue weighted by Gasteiger charge is -1.94. The molecular formula is C7H10N4. The van der Waals surface area contributed by atoms with Gasteiger partial charge >= 0.3 is 0 Å². The van der Waals surface area contributed by atoms with Crippen LogP contribution in [0.5, 0.6) is 0 Å². The summed E-state index contributed by atoms with van der Waals surface area (Å²) in [6, 6.07) is 0. The molecule has 0 aliphatic rings. The summed E-state index contributed by atoms with van der Waals surface area (Å²) in [4.78, 5) is 8.31. The Balaban J connectivity index is 2.58. The first-order chi connectivity index (χ1) is 5.27. The molecule has 58 valence electrons. The molecule has 0 bridgehead atoms. The number of imidazole rings is 1. The number of nitrogens with one attached hydrogen (secondary N) is 1. The summed E-state index contributed by atoms with van der Waals surface area (Å²) in [7, 11) is 0. The third kappa shape index (κ3) is 0.906. The van der Waals surface area contributed by atoms with E-state index in [4.69, 9.17) is 0 Å². The maximum Gasteiger partial charge on any atom is 0.250 e. The van der Waals surface area contributed by atoms with Crippen LogP contribution in [-0.2, 0) is 0 Å². The Hall–Kier alpha value is -1.32. The fraction of sp³-hybridized carbons (Fsp3) is 0.429. The molecule has 4 heteroatoms. The van der Waals surface area contributed by atoms with Crippen LogP contribution < -0.4 is 0 Å². The van der Waals surface area contributed by atoms with Crippen molar-refractivity contribution < 1.29 is 0 Å². The van der Waals surface area contributed by atoms with Gasteiger partial charge in [0, 0.05) is 0 Å². The average Bonchev–Trinajstić information content (AvgIpc) is 2.40. The summed E-state index contributed by atoms with van der Waals surface area (Å²) in [5.74, 6) is 1.21. The first-order valence-electron chi connectivity index (χ1n) is 3.66. The standard InChI is InChI=1S/C7H10N4/c1-5(2)6-3-11-7(10-6)8-4-9-11/h3-5H,1-2H3,(H,8,9,10). The van der Waals surface area contributed by atoms with Crippen molar-refractivity contribution in [2.24, 2.45) is 0 Å². The van der Waals surface area contributed by atoms with Gasteiger partial charge in [-0.1, -0.05) is 13.8 Å². The van der Waals surface area contributed by atoms with Crippen molar-refractivity contribution in [2.45, 2.75) is 19.8 Å². The number of nitrogens with zero attached hydrogens (tertiary/aromatic N) is 3. The number of aromatic nitrogens is 4. The first kappa shape index (κ1) is 6.39. The summed E-state index contributed by atoms with van der Waals surface area (Å²) in [5, 5.41) is 2.94. The van der Waals surface area contributed by atoms with Crippen LogP contribution in [-0.4, -0.2) is 19.6 Å². The van der Waals surface area contributed by atoms with Crippen molar-refractivity contribution in [3.8, 4) is 0 Å². The molecule has 2 aromatic rings. The Morgan fingerprint density at radius 2 is 2.36 bits per heavy atom. The smallest absolute Gasteiger partial charge is 0.250 e. The second-order valence-corrected chi connectivity index (χ2v) is 2.88. The molecule has 2 aromatic heterocycles. The van der Waals surface area contributed by atoms with Crippen LogP contribution in [0, 0.1) is 0 Å². The number of hydrogen-bond donors (Lipinski definition) is 1. The molecule has 4 nitrogen and oxygen atoms in total. The summed E-state index contributed by atoms with van der Waals surface area (Å²) in [5.41, 5.74) is 1.07. The Morgan fingerprint density at radius 3 is 3.00 bits per heavy atom. The molecular weight excluding hydrogens is 140 g/mol. The molecule has 0 aromatic carbocycles. The van der Waals surface area contributed by atoms with Gasteiger partial charge in [0.25, 0.3) is 5.78 Å². The van der Waals surface area contributed by atoms with Gasteiger partial charge in [-0.2, -0.15) is 0 Å². The number of rotatable bonds is 1. The molecule has 1 N–H and O–H groups in total. The van der Waals surface area contributed by atoms with E-state index in [-0.39, 0.29) is 0 Å². The average molecular weight is 150 g/mol. The highest BCUT2D eigenvalue weighted by Gasteiger charge is 2.05. The van der Waals surface area contributed by atoms with E-state index >= 15 is 0 Å². The highest BCUT2D eigenvalue weighted by Crippen LogP contribution is 2.11. The lowest BCUT2D eigenvalue weighted by atomic mass is 10.2. The molecule has 0 saturated carbocycles. The molecule has 2 rings (SSSR count). The van der Waals surface area contributed by atoms with Gasteiger partial charge in [0.1, 0.15) is 6.33 Å². The molecule has 0 aliphatic carbocycles. The van der Waals surface area contributed by atoms with Crippen LogP contribution in [0.15, 0.2) is 12.5 Å². The van der Waals surface area contributed by atoms with E-state index in [1.54, 1.807) is 6.33 Å². The van der Waals surface area contributed by atoms with Crippen molar-refractivity contribution in [1.82, 2.24) is 19.6 Å². The Bertz CT molecular complexity index is 329. The topological polar surface area (TPSA) is 46.0 Å². The lowest BCUT2D eigenvalue weighted by molar-refractivity contribution is 0.827. The van der Waals surface area contributed by atoms with E-state index in [2.05, 4.69) is 28.9 Å². The zero-order valence-electron chi connectivity index (χ0n) is 6.57. The Morgan fingerprint density at radius 1 is 1.55 bits per heavy atom. The minimum Gasteiger partial charge on any atom is -0.281 e. The van der Waals surface area contributed by atoms with Crippen LogP contribution in [0.1, 0.15) is 25.5 Å². The van der Waals surface area contributed by atoms with Crippen molar-refractivity contribution in [3.63, 3.8) is 0 Å². The third-order valence-corrected chi connectivity index (χ3v) is 1.67. The van der Waals surface area contributed by atoms with E-state index in [0.29, 0.717) is 5.92 Å². The van der Waals surface area contributed by atoms with Crippen LogP contribution in [0.4, 0.5) is 0 Å². The molecule has 0 aliphatic heterocycles. The fourth-order valence-corrected chi connectivity index (χ4v) is 1.00. The predicted molar refractivity (Wildman–Crippen MR) is 41.4 cm³/mol. The van der Waals surface area contributed by atoms with Crippen molar-refractivity contribution >= 4 is 5.78 Å². The van der Waals surface area contributed by atoms with Crippen LogP contribution in [0.2, 0.25) is 0 Å². The molecule has 2 heterocycles. The summed E-state index contributed by atoms with van der Waals surface area (Å²) >= 11 is 0. The van der Waals surface area contributed by atoms with Gasteiger partial charge in [0.15, 0.2) is 0 Å². The monoisotopic (exact) mass is 150 g/mol. The largest absolute Gasteiger partial charge is 0.281 e. The third-order valence-electron chi connectivity index (χ3n) is 1.67. The zero-order chi connectivity index (χ0) is 7.84. The van der Waals surface area contributed by atoms with E-state index in [1.807, 2.05) is 10.7 Å². The first-order valence-corrected chi connectivity index (χ1v) is 3.66. The predicted octanol–water partition coefficient (Wildman–Crippen LogP) is 1.18. The van der Waals surface area contributed by atoms with Crippen LogP contribution >= 0.6 is 0 Å². The number of hydrogen-bond acceptors (Lipinski definition) is 2. The number of fused-ring (bicyclic) bond motifs is 1. The second-order valence-electron chi connectivity index (χ2n) is 2.88. The minimum atomic E-state index is 0.463. The molecule has 0 unspecified atom stereocenters. The Labute approximate surface area is 64.3 Å².